The van der Waals surface area contributed by atoms with Gasteiger partial charge in [0.05, 0.1) is 25.6 Å². The summed E-state index contributed by atoms with van der Waals surface area (Å²) >= 11 is 0. The molecular formula is C26H26N2O4. The van der Waals surface area contributed by atoms with E-state index in [1.54, 1.807) is 24.5 Å². The molecule has 0 radical (unpaired) electrons. The maximum atomic E-state index is 10.0. The maximum Gasteiger partial charge on any atom is 0.167 e. The summed E-state index contributed by atoms with van der Waals surface area (Å²) in [4.78, 5) is 8.42. The first kappa shape index (κ1) is 22.6. The van der Waals surface area contributed by atoms with Gasteiger partial charge < -0.3 is 19.7 Å². The molecule has 2 N–H and O–H groups in total. The van der Waals surface area contributed by atoms with Crippen LogP contribution in [0.3, 0.4) is 0 Å². The van der Waals surface area contributed by atoms with Crippen molar-refractivity contribution in [1.82, 2.24) is 9.97 Å². The van der Waals surface area contributed by atoms with Crippen molar-refractivity contribution in [2.24, 2.45) is 0 Å². The van der Waals surface area contributed by atoms with Crippen molar-refractivity contribution >= 4 is 0 Å². The second kappa shape index (κ2) is 10.3. The molecule has 0 amide bonds. The Morgan fingerprint density at radius 2 is 1.03 bits per heavy atom. The van der Waals surface area contributed by atoms with E-state index in [9.17, 15) is 10.2 Å². The molecule has 0 fully saturated rings. The molecule has 2 aromatic heterocycles. The zero-order chi connectivity index (χ0) is 23.1. The Morgan fingerprint density at radius 1 is 0.625 bits per heavy atom. The lowest BCUT2D eigenvalue weighted by Gasteiger charge is -2.09. The molecule has 0 saturated carbocycles. The molecule has 0 aliphatic rings. The number of phenolic OH excluding ortho intramolecular Hbond substituents is 2. The van der Waals surface area contributed by atoms with Gasteiger partial charge in [-0.05, 0) is 73.5 Å². The number of pyridine rings is 2. The van der Waals surface area contributed by atoms with Crippen LogP contribution in [0.4, 0.5) is 0 Å². The summed E-state index contributed by atoms with van der Waals surface area (Å²) in [5.41, 5.74) is 4.91. The summed E-state index contributed by atoms with van der Waals surface area (Å²) in [5, 5.41) is 20.0. The van der Waals surface area contributed by atoms with Gasteiger partial charge in [0, 0.05) is 23.5 Å². The molecule has 0 bridgehead atoms. The average molecular weight is 431 g/mol. The number of benzene rings is 2. The zero-order valence-corrected chi connectivity index (χ0v) is 18.5. The lowest BCUT2D eigenvalue weighted by molar-refractivity contribution is 0.374. The highest BCUT2D eigenvalue weighted by Crippen LogP contribution is 2.38. The fourth-order valence-electron chi connectivity index (χ4n) is 3.24. The summed E-state index contributed by atoms with van der Waals surface area (Å²) in [6, 6.07) is 18.5. The maximum absolute atomic E-state index is 10.0. The first-order chi connectivity index (χ1) is 15.4. The second-order valence-corrected chi connectivity index (χ2v) is 7.16. The number of rotatable bonds is 4. The Bertz CT molecular complexity index is 1080. The fraction of sp³-hybridized carbons (Fsp3) is 0.154. The summed E-state index contributed by atoms with van der Waals surface area (Å²) < 4.78 is 10.2. The summed E-state index contributed by atoms with van der Waals surface area (Å²) in [7, 11) is 3.08. The van der Waals surface area contributed by atoms with Crippen molar-refractivity contribution in [1.29, 1.82) is 0 Å². The molecule has 32 heavy (non-hydrogen) atoms. The minimum absolute atomic E-state index is 0.131. The first-order valence-electron chi connectivity index (χ1n) is 10.0. The Hall–Kier alpha value is -4.06. The number of ether oxygens (including phenoxy) is 2. The van der Waals surface area contributed by atoms with Crippen molar-refractivity contribution in [3.63, 3.8) is 0 Å². The molecule has 0 aliphatic heterocycles. The highest BCUT2D eigenvalue weighted by Gasteiger charge is 2.12. The molecule has 164 valence electrons. The van der Waals surface area contributed by atoms with E-state index in [-0.39, 0.29) is 11.5 Å². The largest absolute Gasteiger partial charge is 0.504 e. The van der Waals surface area contributed by atoms with E-state index < -0.39 is 0 Å². The van der Waals surface area contributed by atoms with E-state index in [2.05, 4.69) is 9.97 Å². The molecule has 4 aromatic rings. The Balaban J connectivity index is 0.000000181. The third kappa shape index (κ3) is 5.16. The molecular weight excluding hydrogens is 404 g/mol. The van der Waals surface area contributed by atoms with Crippen molar-refractivity contribution < 1.29 is 19.7 Å². The van der Waals surface area contributed by atoms with Crippen LogP contribution in [0, 0.1) is 13.8 Å². The van der Waals surface area contributed by atoms with Crippen molar-refractivity contribution in [2.45, 2.75) is 13.8 Å². The lowest BCUT2D eigenvalue weighted by atomic mass is 10.1. The summed E-state index contributed by atoms with van der Waals surface area (Å²) in [5.74, 6) is 1.21. The third-order valence-corrected chi connectivity index (χ3v) is 4.76. The van der Waals surface area contributed by atoms with Crippen LogP contribution in [0.15, 0.2) is 73.1 Å². The van der Waals surface area contributed by atoms with E-state index in [1.165, 1.54) is 14.2 Å². The van der Waals surface area contributed by atoms with Gasteiger partial charge in [-0.1, -0.05) is 12.1 Å². The molecule has 6 heteroatoms. The smallest absolute Gasteiger partial charge is 0.167 e. The minimum Gasteiger partial charge on any atom is -0.504 e. The van der Waals surface area contributed by atoms with E-state index in [0.717, 1.165) is 22.5 Å². The van der Waals surface area contributed by atoms with Crippen LogP contribution in [-0.4, -0.2) is 34.4 Å². The summed E-state index contributed by atoms with van der Waals surface area (Å²) in [6.07, 6.45) is 3.40. The molecule has 4 rings (SSSR count). The quantitative estimate of drug-likeness (QED) is 0.442. The van der Waals surface area contributed by atoms with Gasteiger partial charge in [-0.3, -0.25) is 9.97 Å². The highest BCUT2D eigenvalue weighted by molar-refractivity contribution is 5.72. The van der Waals surface area contributed by atoms with Gasteiger partial charge in [0.15, 0.2) is 23.0 Å². The van der Waals surface area contributed by atoms with Crippen molar-refractivity contribution in [3.05, 3.63) is 84.2 Å². The Morgan fingerprint density at radius 3 is 1.34 bits per heavy atom. The number of methoxy groups -OCH3 is 2. The fourth-order valence-corrected chi connectivity index (χ4v) is 3.24. The molecule has 6 nitrogen and oxygen atoms in total. The predicted molar refractivity (Wildman–Crippen MR) is 125 cm³/mol. The molecule has 0 atom stereocenters. The number of nitrogens with zero attached hydrogens (tertiary/aromatic N) is 2. The zero-order valence-electron chi connectivity index (χ0n) is 18.5. The van der Waals surface area contributed by atoms with E-state index in [4.69, 9.17) is 9.47 Å². The number of aromatic nitrogens is 2. The van der Waals surface area contributed by atoms with Gasteiger partial charge in [0.25, 0.3) is 0 Å². The third-order valence-electron chi connectivity index (χ3n) is 4.76. The van der Waals surface area contributed by atoms with Crippen LogP contribution in [0.2, 0.25) is 0 Å². The number of aromatic hydroxyl groups is 2. The van der Waals surface area contributed by atoms with Crippen LogP contribution in [0.25, 0.3) is 22.5 Å². The van der Waals surface area contributed by atoms with Crippen molar-refractivity contribution in [3.8, 4) is 45.5 Å². The van der Waals surface area contributed by atoms with Crippen molar-refractivity contribution in [2.75, 3.05) is 14.2 Å². The first-order valence-corrected chi connectivity index (χ1v) is 10.0. The van der Waals surface area contributed by atoms with Gasteiger partial charge in [-0.15, -0.1) is 0 Å². The van der Waals surface area contributed by atoms with E-state index in [0.29, 0.717) is 22.6 Å². The van der Waals surface area contributed by atoms with Crippen LogP contribution in [0.5, 0.6) is 23.0 Å². The Kier molecular flexibility index (Phi) is 7.29. The predicted octanol–water partition coefficient (Wildman–Crippen LogP) is 5.54. The lowest BCUT2D eigenvalue weighted by Crippen LogP contribution is -1.89. The SMILES string of the molecule is COc1cc(C)cc(-c2ccccn2)c1O.COc1cc(C)cc(-c2ccccn2)c1O. The van der Waals surface area contributed by atoms with Gasteiger partial charge in [0.2, 0.25) is 0 Å². The van der Waals surface area contributed by atoms with Gasteiger partial charge in [-0.25, -0.2) is 0 Å². The van der Waals surface area contributed by atoms with Gasteiger partial charge in [-0.2, -0.15) is 0 Å². The topological polar surface area (TPSA) is 84.7 Å². The number of hydrogen-bond donors (Lipinski definition) is 2. The monoisotopic (exact) mass is 430 g/mol. The van der Waals surface area contributed by atoms with Crippen LogP contribution >= 0.6 is 0 Å². The highest BCUT2D eigenvalue weighted by atomic mass is 16.5. The number of aryl methyl sites for hydroxylation is 2. The standard InChI is InChI=1S/2C13H13NO2/c2*1-9-7-10(11-5-3-4-6-14-11)13(15)12(8-9)16-2/h2*3-8,15H,1-2H3. The van der Waals surface area contributed by atoms with E-state index >= 15 is 0 Å². The van der Waals surface area contributed by atoms with Crippen LogP contribution < -0.4 is 9.47 Å². The molecule has 0 unspecified atom stereocenters. The van der Waals surface area contributed by atoms with E-state index in [1.807, 2.05) is 62.4 Å². The van der Waals surface area contributed by atoms with Gasteiger partial charge >= 0.3 is 0 Å². The molecule has 0 saturated heterocycles. The average Bonchev–Trinajstić information content (AvgIpc) is 2.83. The van der Waals surface area contributed by atoms with Crippen LogP contribution in [-0.2, 0) is 0 Å². The second-order valence-electron chi connectivity index (χ2n) is 7.16. The Labute approximate surface area is 187 Å². The molecule has 2 heterocycles. The van der Waals surface area contributed by atoms with Crippen LogP contribution in [0.1, 0.15) is 11.1 Å². The molecule has 0 spiro atoms. The van der Waals surface area contributed by atoms with Gasteiger partial charge in [0.1, 0.15) is 0 Å². The summed E-state index contributed by atoms with van der Waals surface area (Å²) in [6.45, 7) is 3.91. The normalized spacial score (nSPS) is 10.1. The molecule has 2 aromatic carbocycles. The number of hydrogen-bond acceptors (Lipinski definition) is 6. The minimum atomic E-state index is 0.131. The molecule has 0 aliphatic carbocycles. The number of phenols is 2.